The number of carbonyl (C=O) groups excluding carboxylic acids is 1. The first kappa shape index (κ1) is 20.3. The number of hydrogen-bond acceptors (Lipinski definition) is 5. The monoisotopic (exact) mass is 425 g/mol. The molecule has 6 heteroatoms. The molecule has 1 aromatic carbocycles. The number of thiophene rings is 1. The van der Waals surface area contributed by atoms with E-state index in [2.05, 4.69) is 45.5 Å². The van der Waals surface area contributed by atoms with Gasteiger partial charge >= 0.3 is 0 Å². The largest absolute Gasteiger partial charge is 0.352 e. The maximum atomic E-state index is 12.4. The average molecular weight is 426 g/mol. The van der Waals surface area contributed by atoms with Crippen LogP contribution in [0.5, 0.6) is 0 Å². The average Bonchev–Trinajstić information content (AvgIpc) is 3.35. The molecule has 0 unspecified atom stereocenters. The fraction of sp³-hybridized carbons (Fsp3) is 0.391. The normalized spacial score (nSPS) is 15.2. The summed E-state index contributed by atoms with van der Waals surface area (Å²) in [6, 6.07) is 12.7. The van der Waals surface area contributed by atoms with Crippen LogP contribution in [0, 0.1) is 0 Å². The Morgan fingerprint density at radius 3 is 2.66 bits per heavy atom. The molecule has 1 amide bonds. The minimum absolute atomic E-state index is 0.0194. The molecular formula is C23H27N3OS2. The van der Waals surface area contributed by atoms with Gasteiger partial charge in [0.2, 0.25) is 5.91 Å². The smallest absolute Gasteiger partial charge is 0.226 e. The van der Waals surface area contributed by atoms with E-state index >= 15 is 0 Å². The van der Waals surface area contributed by atoms with Gasteiger partial charge in [-0.1, -0.05) is 43.2 Å². The molecule has 3 heterocycles. The molecule has 0 bridgehead atoms. The summed E-state index contributed by atoms with van der Waals surface area (Å²) >= 11 is 3.27. The molecule has 1 aliphatic rings. The molecule has 0 radical (unpaired) electrons. The van der Waals surface area contributed by atoms with Crippen molar-refractivity contribution in [2.75, 3.05) is 13.1 Å². The molecule has 3 aromatic rings. The van der Waals surface area contributed by atoms with Gasteiger partial charge in [-0.05, 0) is 48.5 Å². The Morgan fingerprint density at radius 1 is 1.03 bits per heavy atom. The summed E-state index contributed by atoms with van der Waals surface area (Å²) in [5.41, 5.74) is 3.33. The van der Waals surface area contributed by atoms with Crippen LogP contribution in [0.4, 0.5) is 0 Å². The Kier molecular flexibility index (Phi) is 7.09. The van der Waals surface area contributed by atoms with Crippen LogP contribution in [-0.4, -0.2) is 28.9 Å². The van der Waals surface area contributed by atoms with E-state index in [0.717, 1.165) is 27.7 Å². The van der Waals surface area contributed by atoms with E-state index in [1.807, 2.05) is 16.8 Å². The van der Waals surface area contributed by atoms with Gasteiger partial charge < -0.3 is 5.32 Å². The zero-order valence-electron chi connectivity index (χ0n) is 16.6. The third kappa shape index (κ3) is 5.98. The Bertz CT molecular complexity index is 912. The van der Waals surface area contributed by atoms with Crippen molar-refractivity contribution in [2.45, 2.75) is 45.2 Å². The lowest BCUT2D eigenvalue weighted by atomic mass is 10.1. The quantitative estimate of drug-likeness (QED) is 0.572. The van der Waals surface area contributed by atoms with Gasteiger partial charge in [-0.2, -0.15) is 0 Å². The number of amides is 1. The number of benzene rings is 1. The molecule has 4 nitrogen and oxygen atoms in total. The fourth-order valence-corrected chi connectivity index (χ4v) is 5.35. The molecule has 1 N–H and O–H groups in total. The van der Waals surface area contributed by atoms with Crippen LogP contribution < -0.4 is 5.32 Å². The zero-order chi connectivity index (χ0) is 19.9. The van der Waals surface area contributed by atoms with Gasteiger partial charge in [0.15, 0.2) is 0 Å². The Balaban J connectivity index is 1.28. The van der Waals surface area contributed by atoms with Crippen LogP contribution in [0.15, 0.2) is 47.2 Å². The van der Waals surface area contributed by atoms with Gasteiger partial charge in [0.05, 0.1) is 17.0 Å². The zero-order valence-corrected chi connectivity index (χ0v) is 18.2. The molecule has 0 saturated carbocycles. The highest BCUT2D eigenvalue weighted by molar-refractivity contribution is 7.20. The number of rotatable bonds is 7. The number of hydrogen-bond donors (Lipinski definition) is 1. The number of thiazole rings is 1. The van der Waals surface area contributed by atoms with Crippen molar-refractivity contribution in [3.8, 4) is 9.88 Å². The van der Waals surface area contributed by atoms with Crippen LogP contribution >= 0.6 is 22.7 Å². The van der Waals surface area contributed by atoms with Crippen molar-refractivity contribution in [3.63, 3.8) is 0 Å². The molecule has 1 aliphatic heterocycles. The summed E-state index contributed by atoms with van der Waals surface area (Å²) in [6.07, 6.45) is 5.66. The standard InChI is InChI=1S/C23H27N3OS2/c27-22(14-20-17-29-23(25-20)21-9-6-12-28-21)24-15-18-7-5-8-19(13-18)16-26-10-3-1-2-4-11-26/h5-9,12-13,17H,1-4,10-11,14-16H2,(H,24,27). The highest BCUT2D eigenvalue weighted by atomic mass is 32.1. The minimum Gasteiger partial charge on any atom is -0.352 e. The molecule has 1 saturated heterocycles. The number of nitrogens with zero attached hydrogens (tertiary/aromatic N) is 2. The molecule has 1 fully saturated rings. The highest BCUT2D eigenvalue weighted by Gasteiger charge is 2.11. The first-order valence-corrected chi connectivity index (χ1v) is 12.1. The fourth-order valence-electron chi connectivity index (χ4n) is 3.72. The van der Waals surface area contributed by atoms with E-state index in [9.17, 15) is 4.79 Å². The molecule has 4 rings (SSSR count). The minimum atomic E-state index is 0.0194. The number of carbonyl (C=O) groups is 1. The Hall–Kier alpha value is -2.02. The summed E-state index contributed by atoms with van der Waals surface area (Å²) in [4.78, 5) is 20.7. The number of aromatic nitrogens is 1. The summed E-state index contributed by atoms with van der Waals surface area (Å²) < 4.78 is 0. The van der Waals surface area contributed by atoms with Crippen LogP contribution in [-0.2, 0) is 24.3 Å². The molecule has 2 aromatic heterocycles. The lowest BCUT2D eigenvalue weighted by Crippen LogP contribution is -2.25. The second-order valence-electron chi connectivity index (χ2n) is 7.59. The summed E-state index contributed by atoms with van der Waals surface area (Å²) in [5, 5.41) is 8.07. The van der Waals surface area contributed by atoms with Crippen molar-refractivity contribution in [3.05, 3.63) is 64.0 Å². The third-order valence-corrected chi connectivity index (χ3v) is 7.14. The van der Waals surface area contributed by atoms with Gasteiger partial charge in [-0.25, -0.2) is 4.98 Å². The van der Waals surface area contributed by atoms with Gasteiger partial charge in [0.25, 0.3) is 0 Å². The van der Waals surface area contributed by atoms with E-state index in [1.165, 1.54) is 44.3 Å². The van der Waals surface area contributed by atoms with Crippen molar-refractivity contribution >= 4 is 28.6 Å². The van der Waals surface area contributed by atoms with Gasteiger partial charge in [-0.15, -0.1) is 22.7 Å². The molecule has 29 heavy (non-hydrogen) atoms. The van der Waals surface area contributed by atoms with Gasteiger partial charge in [-0.3, -0.25) is 9.69 Å². The van der Waals surface area contributed by atoms with E-state index < -0.39 is 0 Å². The second-order valence-corrected chi connectivity index (χ2v) is 9.39. The van der Waals surface area contributed by atoms with Crippen LogP contribution in [0.3, 0.4) is 0 Å². The van der Waals surface area contributed by atoms with Gasteiger partial charge in [0, 0.05) is 18.5 Å². The summed E-state index contributed by atoms with van der Waals surface area (Å²) in [6.45, 7) is 3.96. The third-order valence-electron chi connectivity index (χ3n) is 5.21. The SMILES string of the molecule is O=C(Cc1csc(-c2cccs2)n1)NCc1cccc(CN2CCCCCC2)c1. The van der Waals surface area contributed by atoms with Crippen LogP contribution in [0.1, 0.15) is 42.5 Å². The van der Waals surface area contributed by atoms with E-state index in [4.69, 9.17) is 0 Å². The van der Waals surface area contributed by atoms with Crippen LogP contribution in [0.25, 0.3) is 9.88 Å². The molecule has 152 valence electrons. The summed E-state index contributed by atoms with van der Waals surface area (Å²) in [5.74, 6) is 0.0194. The lowest BCUT2D eigenvalue weighted by molar-refractivity contribution is -0.120. The lowest BCUT2D eigenvalue weighted by Gasteiger charge is -2.20. The second kappa shape index (κ2) is 10.1. The van der Waals surface area contributed by atoms with Crippen LogP contribution in [0.2, 0.25) is 0 Å². The molecule has 0 spiro atoms. The van der Waals surface area contributed by atoms with Gasteiger partial charge in [0.1, 0.15) is 5.01 Å². The van der Waals surface area contributed by atoms with E-state index in [1.54, 1.807) is 22.7 Å². The number of nitrogens with one attached hydrogen (secondary N) is 1. The van der Waals surface area contributed by atoms with Crippen molar-refractivity contribution in [1.29, 1.82) is 0 Å². The maximum absolute atomic E-state index is 12.4. The molecule has 0 atom stereocenters. The molecular weight excluding hydrogens is 398 g/mol. The van der Waals surface area contributed by atoms with Crippen molar-refractivity contribution in [2.24, 2.45) is 0 Å². The Labute approximate surface area is 180 Å². The van der Waals surface area contributed by atoms with E-state index in [0.29, 0.717) is 13.0 Å². The van der Waals surface area contributed by atoms with Crippen molar-refractivity contribution < 1.29 is 4.79 Å². The first-order chi connectivity index (χ1) is 14.3. The predicted molar refractivity (Wildman–Crippen MR) is 121 cm³/mol. The number of likely N-dealkylation sites (tertiary alicyclic amines) is 1. The maximum Gasteiger partial charge on any atom is 0.226 e. The topological polar surface area (TPSA) is 45.2 Å². The van der Waals surface area contributed by atoms with E-state index in [-0.39, 0.29) is 5.91 Å². The highest BCUT2D eigenvalue weighted by Crippen LogP contribution is 2.27. The molecule has 0 aliphatic carbocycles. The van der Waals surface area contributed by atoms with Crippen molar-refractivity contribution in [1.82, 2.24) is 15.2 Å². The summed E-state index contributed by atoms with van der Waals surface area (Å²) in [7, 11) is 0. The Morgan fingerprint density at radius 2 is 1.86 bits per heavy atom. The first-order valence-electron chi connectivity index (χ1n) is 10.3. The predicted octanol–water partition coefficient (Wildman–Crippen LogP) is 5.11.